The van der Waals surface area contributed by atoms with Crippen LogP contribution in [0.3, 0.4) is 0 Å². The van der Waals surface area contributed by atoms with Gasteiger partial charge in [0.25, 0.3) is 0 Å². The normalized spacial score (nSPS) is 14.6. The number of carbonyl (C=O) groups is 1. The molecule has 1 aliphatic rings. The van der Waals surface area contributed by atoms with E-state index < -0.39 is 0 Å². The Balaban J connectivity index is 1.39. The predicted octanol–water partition coefficient (Wildman–Crippen LogP) is 4.28. The Morgan fingerprint density at radius 3 is 2.45 bits per heavy atom. The summed E-state index contributed by atoms with van der Waals surface area (Å²) in [5.74, 6) is 0.269. The predicted molar refractivity (Wildman–Crippen MR) is 107 cm³/mol. The zero-order chi connectivity index (χ0) is 20.2. The quantitative estimate of drug-likeness (QED) is 0.718. The fourth-order valence-electron chi connectivity index (χ4n) is 3.47. The highest BCUT2D eigenvalue weighted by Crippen LogP contribution is 2.25. The molecule has 1 amide bonds. The molecule has 3 aromatic rings. The number of piperidine rings is 1. The Morgan fingerprint density at radius 1 is 1.00 bits per heavy atom. The zero-order valence-corrected chi connectivity index (χ0v) is 15.7. The number of amides is 1. The van der Waals surface area contributed by atoms with Crippen LogP contribution in [-0.4, -0.2) is 29.0 Å². The third kappa shape index (κ3) is 4.56. The van der Waals surface area contributed by atoms with Crippen molar-refractivity contribution >= 4 is 17.4 Å². The maximum absolute atomic E-state index is 13.5. The molecule has 0 radical (unpaired) electrons. The summed E-state index contributed by atoms with van der Waals surface area (Å²) in [6, 6.07) is 13.9. The van der Waals surface area contributed by atoms with E-state index in [4.69, 9.17) is 0 Å². The Hall–Kier alpha value is -3.35. The summed E-state index contributed by atoms with van der Waals surface area (Å²) in [7, 11) is 0. The molecule has 0 saturated carbocycles. The van der Waals surface area contributed by atoms with Crippen molar-refractivity contribution < 1.29 is 13.6 Å². The molecule has 1 aliphatic heterocycles. The van der Waals surface area contributed by atoms with Crippen molar-refractivity contribution in [1.82, 2.24) is 9.97 Å². The summed E-state index contributed by atoms with van der Waals surface area (Å²) in [4.78, 5) is 23.4. The van der Waals surface area contributed by atoms with Gasteiger partial charge in [-0.05, 0) is 49.2 Å². The molecule has 1 aromatic heterocycles. The summed E-state index contributed by atoms with van der Waals surface area (Å²) in [6.07, 6.45) is 2.99. The molecule has 0 spiro atoms. The standard InChI is InChI=1S/C22H20F2N4O/c23-17-4-1-3-16(13-17)21-25-10-7-20(27-21)28-11-8-15(9-12-28)22(29)26-19-6-2-5-18(24)14-19/h1-7,10,13-15H,8-9,11-12H2,(H,26,29). The van der Waals surface area contributed by atoms with Crippen LogP contribution in [0.25, 0.3) is 11.4 Å². The van der Waals surface area contributed by atoms with Crippen LogP contribution in [0.15, 0.2) is 60.8 Å². The van der Waals surface area contributed by atoms with Crippen LogP contribution in [-0.2, 0) is 4.79 Å². The van der Waals surface area contributed by atoms with Gasteiger partial charge in [0.05, 0.1) is 0 Å². The minimum absolute atomic E-state index is 0.0987. The SMILES string of the molecule is O=C(Nc1cccc(F)c1)C1CCN(c2ccnc(-c3cccc(F)c3)n2)CC1. The topological polar surface area (TPSA) is 58.1 Å². The first kappa shape index (κ1) is 19.0. The fraction of sp³-hybridized carbons (Fsp3) is 0.227. The highest BCUT2D eigenvalue weighted by atomic mass is 19.1. The first-order chi connectivity index (χ1) is 14.1. The van der Waals surface area contributed by atoms with Gasteiger partial charge in [0.15, 0.2) is 5.82 Å². The second-order valence-corrected chi connectivity index (χ2v) is 7.01. The number of nitrogens with zero attached hydrogens (tertiary/aromatic N) is 3. The van der Waals surface area contributed by atoms with Gasteiger partial charge in [-0.15, -0.1) is 0 Å². The lowest BCUT2D eigenvalue weighted by molar-refractivity contribution is -0.120. The third-order valence-electron chi connectivity index (χ3n) is 5.01. The lowest BCUT2D eigenvalue weighted by Crippen LogP contribution is -2.38. The van der Waals surface area contributed by atoms with Crippen molar-refractivity contribution in [2.24, 2.45) is 5.92 Å². The van der Waals surface area contributed by atoms with Crippen molar-refractivity contribution in [3.8, 4) is 11.4 Å². The number of anilines is 2. The lowest BCUT2D eigenvalue weighted by Gasteiger charge is -2.32. The molecule has 2 aromatic carbocycles. The Bertz CT molecular complexity index is 1020. The highest BCUT2D eigenvalue weighted by molar-refractivity contribution is 5.92. The molecule has 5 nitrogen and oxygen atoms in total. The molecule has 148 valence electrons. The van der Waals surface area contributed by atoms with E-state index in [1.807, 2.05) is 6.07 Å². The second kappa shape index (κ2) is 8.34. The summed E-state index contributed by atoms with van der Waals surface area (Å²) in [5, 5.41) is 2.78. The van der Waals surface area contributed by atoms with Crippen molar-refractivity contribution in [1.29, 1.82) is 0 Å². The molecule has 1 N–H and O–H groups in total. The smallest absolute Gasteiger partial charge is 0.227 e. The van der Waals surface area contributed by atoms with Gasteiger partial charge in [-0.25, -0.2) is 18.7 Å². The van der Waals surface area contributed by atoms with E-state index in [1.54, 1.807) is 30.5 Å². The van der Waals surface area contributed by atoms with Gasteiger partial charge >= 0.3 is 0 Å². The van der Waals surface area contributed by atoms with Crippen LogP contribution in [0.4, 0.5) is 20.3 Å². The first-order valence-corrected chi connectivity index (χ1v) is 9.49. The third-order valence-corrected chi connectivity index (χ3v) is 5.01. The molecular formula is C22H20F2N4O. The van der Waals surface area contributed by atoms with Gasteiger partial charge in [-0.3, -0.25) is 4.79 Å². The summed E-state index contributed by atoms with van der Waals surface area (Å²) in [6.45, 7) is 1.34. The minimum atomic E-state index is -0.379. The Labute approximate surface area is 167 Å². The maximum Gasteiger partial charge on any atom is 0.227 e. The van der Waals surface area contributed by atoms with Crippen LogP contribution >= 0.6 is 0 Å². The summed E-state index contributed by atoms with van der Waals surface area (Å²) < 4.78 is 26.8. The lowest BCUT2D eigenvalue weighted by atomic mass is 9.96. The number of hydrogen-bond acceptors (Lipinski definition) is 4. The van der Waals surface area contributed by atoms with Gasteiger partial charge in [0.1, 0.15) is 17.5 Å². The summed E-state index contributed by atoms with van der Waals surface area (Å²) >= 11 is 0. The van der Waals surface area contributed by atoms with Crippen LogP contribution in [0.5, 0.6) is 0 Å². The van der Waals surface area contributed by atoms with Crippen LogP contribution < -0.4 is 10.2 Å². The molecule has 1 fully saturated rings. The largest absolute Gasteiger partial charge is 0.356 e. The number of hydrogen-bond donors (Lipinski definition) is 1. The zero-order valence-electron chi connectivity index (χ0n) is 15.7. The number of carbonyl (C=O) groups excluding carboxylic acids is 1. The van der Waals surface area contributed by atoms with Crippen LogP contribution in [0.2, 0.25) is 0 Å². The number of rotatable bonds is 4. The van der Waals surface area contributed by atoms with Gasteiger partial charge in [0.2, 0.25) is 5.91 Å². The fourth-order valence-corrected chi connectivity index (χ4v) is 3.47. The molecule has 0 atom stereocenters. The van der Waals surface area contributed by atoms with Gasteiger partial charge in [-0.1, -0.05) is 18.2 Å². The van der Waals surface area contributed by atoms with E-state index in [0.29, 0.717) is 43.0 Å². The second-order valence-electron chi connectivity index (χ2n) is 7.01. The molecule has 29 heavy (non-hydrogen) atoms. The van der Waals surface area contributed by atoms with E-state index in [9.17, 15) is 13.6 Å². The molecule has 7 heteroatoms. The Morgan fingerprint density at radius 2 is 1.72 bits per heavy atom. The molecule has 0 aliphatic carbocycles. The summed E-state index contributed by atoms with van der Waals surface area (Å²) in [5.41, 5.74) is 1.09. The van der Waals surface area contributed by atoms with Crippen molar-refractivity contribution in [2.75, 3.05) is 23.3 Å². The van der Waals surface area contributed by atoms with Gasteiger partial charge < -0.3 is 10.2 Å². The van der Waals surface area contributed by atoms with Gasteiger partial charge in [0, 0.05) is 36.5 Å². The number of benzene rings is 2. The first-order valence-electron chi connectivity index (χ1n) is 9.49. The maximum atomic E-state index is 13.5. The molecule has 4 rings (SSSR count). The van der Waals surface area contributed by atoms with E-state index in [0.717, 1.165) is 5.82 Å². The van der Waals surface area contributed by atoms with Crippen LogP contribution in [0.1, 0.15) is 12.8 Å². The number of nitrogens with one attached hydrogen (secondary N) is 1. The molecular weight excluding hydrogens is 374 g/mol. The molecule has 0 unspecified atom stereocenters. The van der Waals surface area contributed by atoms with E-state index in [1.165, 1.54) is 24.3 Å². The molecule has 0 bridgehead atoms. The number of aromatic nitrogens is 2. The van der Waals surface area contributed by atoms with Gasteiger partial charge in [-0.2, -0.15) is 0 Å². The average molecular weight is 394 g/mol. The van der Waals surface area contributed by atoms with E-state index in [-0.39, 0.29) is 23.5 Å². The van der Waals surface area contributed by atoms with E-state index in [2.05, 4.69) is 20.2 Å². The highest BCUT2D eigenvalue weighted by Gasteiger charge is 2.26. The van der Waals surface area contributed by atoms with Crippen LogP contribution in [0, 0.1) is 17.6 Å². The number of halogens is 2. The van der Waals surface area contributed by atoms with Crippen molar-refractivity contribution in [2.45, 2.75) is 12.8 Å². The van der Waals surface area contributed by atoms with E-state index >= 15 is 0 Å². The average Bonchev–Trinajstić information content (AvgIpc) is 2.74. The Kier molecular flexibility index (Phi) is 5.46. The molecule has 1 saturated heterocycles. The molecule has 2 heterocycles. The van der Waals surface area contributed by atoms with Crippen molar-refractivity contribution in [3.05, 3.63) is 72.4 Å². The monoisotopic (exact) mass is 394 g/mol. The van der Waals surface area contributed by atoms with Crippen molar-refractivity contribution in [3.63, 3.8) is 0 Å². The minimum Gasteiger partial charge on any atom is -0.356 e.